The van der Waals surface area contributed by atoms with Gasteiger partial charge in [0.05, 0.1) is 24.5 Å². The molecule has 0 saturated carbocycles. The van der Waals surface area contributed by atoms with Crippen molar-refractivity contribution in [2.45, 2.75) is 0 Å². The van der Waals surface area contributed by atoms with Crippen LogP contribution in [0, 0.1) is 10.1 Å². The van der Waals surface area contributed by atoms with Crippen molar-refractivity contribution < 1.29 is 18.8 Å². The maximum atomic E-state index is 12.4. The second-order valence-electron chi connectivity index (χ2n) is 4.96. The molecule has 0 unspecified atom stereocenters. The summed E-state index contributed by atoms with van der Waals surface area (Å²) in [5.74, 6) is 0.923. The summed E-state index contributed by atoms with van der Waals surface area (Å²) >= 11 is 0. The fourth-order valence-corrected chi connectivity index (χ4v) is 2.45. The lowest BCUT2D eigenvalue weighted by Crippen LogP contribution is -2.02. The number of hydrogen-bond acceptors (Lipinski definition) is 6. The molecule has 1 heterocycles. The molecule has 0 bridgehead atoms. The van der Waals surface area contributed by atoms with Gasteiger partial charge in [-0.05, 0) is 12.1 Å². The summed E-state index contributed by atoms with van der Waals surface area (Å²) < 4.78 is 16.3. The van der Waals surface area contributed by atoms with Gasteiger partial charge in [0.2, 0.25) is 5.75 Å². The van der Waals surface area contributed by atoms with E-state index in [0.29, 0.717) is 22.4 Å². The lowest BCUT2D eigenvalue weighted by molar-refractivity contribution is -0.384. The molecule has 24 heavy (non-hydrogen) atoms. The normalized spacial score (nSPS) is 10.6. The Hall–Kier alpha value is -3.35. The van der Waals surface area contributed by atoms with E-state index in [0.717, 1.165) is 0 Å². The van der Waals surface area contributed by atoms with Crippen molar-refractivity contribution >= 4 is 16.7 Å². The summed E-state index contributed by atoms with van der Waals surface area (Å²) in [5, 5.41) is 11.3. The molecule has 0 amide bonds. The van der Waals surface area contributed by atoms with E-state index in [4.69, 9.17) is 13.9 Å². The fraction of sp³-hybridized carbons (Fsp3) is 0.118. The number of rotatable bonds is 4. The predicted octanol–water partition coefficient (Wildman–Crippen LogP) is 3.39. The van der Waals surface area contributed by atoms with Gasteiger partial charge in [-0.3, -0.25) is 14.9 Å². The summed E-state index contributed by atoms with van der Waals surface area (Å²) in [5.41, 5.74) is 0.283. The zero-order chi connectivity index (χ0) is 17.3. The Morgan fingerprint density at radius 3 is 2.54 bits per heavy atom. The van der Waals surface area contributed by atoms with Crippen LogP contribution in [0.25, 0.3) is 22.3 Å². The fourth-order valence-electron chi connectivity index (χ4n) is 2.45. The summed E-state index contributed by atoms with van der Waals surface area (Å²) in [4.78, 5) is 22.8. The minimum atomic E-state index is -0.508. The van der Waals surface area contributed by atoms with E-state index in [2.05, 4.69) is 0 Å². The monoisotopic (exact) mass is 327 g/mol. The van der Waals surface area contributed by atoms with Crippen LogP contribution in [-0.2, 0) is 0 Å². The Morgan fingerprint density at radius 2 is 1.88 bits per heavy atom. The highest BCUT2D eigenvalue weighted by Crippen LogP contribution is 2.36. The first-order valence-electron chi connectivity index (χ1n) is 6.99. The van der Waals surface area contributed by atoms with Crippen LogP contribution in [0.2, 0.25) is 0 Å². The van der Waals surface area contributed by atoms with Crippen molar-refractivity contribution in [3.8, 4) is 22.8 Å². The van der Waals surface area contributed by atoms with Gasteiger partial charge in [-0.15, -0.1) is 0 Å². The molecule has 0 saturated heterocycles. The van der Waals surface area contributed by atoms with E-state index in [1.807, 2.05) is 0 Å². The van der Waals surface area contributed by atoms with Gasteiger partial charge >= 0.3 is 0 Å². The number of fused-ring (bicyclic) bond motifs is 1. The highest BCUT2D eigenvalue weighted by atomic mass is 16.6. The van der Waals surface area contributed by atoms with Gasteiger partial charge in [0.15, 0.2) is 16.8 Å². The van der Waals surface area contributed by atoms with Crippen LogP contribution in [0.5, 0.6) is 11.5 Å². The average molecular weight is 327 g/mol. The van der Waals surface area contributed by atoms with E-state index in [-0.39, 0.29) is 22.5 Å². The van der Waals surface area contributed by atoms with E-state index in [9.17, 15) is 14.9 Å². The summed E-state index contributed by atoms with van der Waals surface area (Å²) in [6.45, 7) is 0. The first kappa shape index (κ1) is 15.5. The van der Waals surface area contributed by atoms with E-state index < -0.39 is 4.92 Å². The molecule has 3 rings (SSSR count). The maximum absolute atomic E-state index is 12.4. The van der Waals surface area contributed by atoms with Crippen molar-refractivity contribution in [2.75, 3.05) is 14.2 Å². The molecule has 0 atom stereocenters. The topological polar surface area (TPSA) is 91.8 Å². The first-order chi connectivity index (χ1) is 11.5. The minimum absolute atomic E-state index is 0.0900. The molecule has 7 nitrogen and oxygen atoms in total. The second kappa shape index (κ2) is 6.04. The smallest absolute Gasteiger partial charge is 0.270 e. The Balaban J connectivity index is 2.29. The highest BCUT2D eigenvalue weighted by Gasteiger charge is 2.16. The lowest BCUT2D eigenvalue weighted by Gasteiger charge is -2.10. The van der Waals surface area contributed by atoms with Crippen LogP contribution in [0.3, 0.4) is 0 Å². The Labute approximate surface area is 136 Å². The molecule has 122 valence electrons. The second-order valence-corrected chi connectivity index (χ2v) is 4.96. The van der Waals surface area contributed by atoms with Crippen LogP contribution in [0.15, 0.2) is 51.7 Å². The van der Waals surface area contributed by atoms with Gasteiger partial charge in [-0.2, -0.15) is 0 Å². The molecule has 7 heteroatoms. The molecule has 0 spiro atoms. The third-order valence-electron chi connectivity index (χ3n) is 3.58. The van der Waals surface area contributed by atoms with Crippen LogP contribution in [-0.4, -0.2) is 19.1 Å². The van der Waals surface area contributed by atoms with Crippen molar-refractivity contribution in [3.63, 3.8) is 0 Å². The number of non-ortho nitro benzene ring substituents is 1. The molecule has 2 aromatic carbocycles. The van der Waals surface area contributed by atoms with Crippen molar-refractivity contribution in [1.29, 1.82) is 0 Å². The molecule has 1 aromatic heterocycles. The molecular weight excluding hydrogens is 314 g/mol. The van der Waals surface area contributed by atoms with Crippen LogP contribution < -0.4 is 14.9 Å². The lowest BCUT2D eigenvalue weighted by atomic mass is 10.1. The Morgan fingerprint density at radius 1 is 1.08 bits per heavy atom. The SMILES string of the molecule is COc1ccc2c(=O)cc(-c3cccc([N+](=O)[O-])c3)oc2c1OC. The van der Waals surface area contributed by atoms with Gasteiger partial charge in [-0.25, -0.2) is 0 Å². The third kappa shape index (κ3) is 2.56. The average Bonchev–Trinajstić information content (AvgIpc) is 2.60. The number of nitrogens with zero attached hydrogens (tertiary/aromatic N) is 1. The molecule has 0 N–H and O–H groups in total. The van der Waals surface area contributed by atoms with E-state index >= 15 is 0 Å². The molecule has 0 aliphatic carbocycles. The van der Waals surface area contributed by atoms with Crippen molar-refractivity contribution in [3.05, 3.63) is 62.8 Å². The minimum Gasteiger partial charge on any atom is -0.493 e. The summed E-state index contributed by atoms with van der Waals surface area (Å²) in [6, 6.07) is 10.4. The highest BCUT2D eigenvalue weighted by molar-refractivity contribution is 5.86. The molecule has 0 aliphatic heterocycles. The number of methoxy groups -OCH3 is 2. The molecular formula is C17H13NO6. The predicted molar refractivity (Wildman–Crippen MR) is 87.7 cm³/mol. The Bertz CT molecular complexity index is 992. The van der Waals surface area contributed by atoms with Gasteiger partial charge in [0.25, 0.3) is 5.69 Å². The van der Waals surface area contributed by atoms with Gasteiger partial charge in [0, 0.05) is 23.8 Å². The zero-order valence-corrected chi connectivity index (χ0v) is 12.9. The maximum Gasteiger partial charge on any atom is 0.270 e. The largest absolute Gasteiger partial charge is 0.493 e. The number of benzene rings is 2. The first-order valence-corrected chi connectivity index (χ1v) is 6.99. The van der Waals surface area contributed by atoms with Crippen LogP contribution in [0.1, 0.15) is 0 Å². The molecule has 3 aromatic rings. The van der Waals surface area contributed by atoms with Gasteiger partial charge in [-0.1, -0.05) is 12.1 Å². The summed E-state index contributed by atoms with van der Waals surface area (Å²) in [6.07, 6.45) is 0. The number of hydrogen-bond donors (Lipinski definition) is 0. The quantitative estimate of drug-likeness (QED) is 0.539. The van der Waals surface area contributed by atoms with E-state index in [1.165, 1.54) is 38.5 Å². The number of nitro groups is 1. The molecule has 0 fully saturated rings. The standard InChI is InChI=1S/C17H13NO6/c1-22-14-7-6-12-13(19)9-15(24-16(12)17(14)23-2)10-4-3-5-11(8-10)18(20)21/h3-9H,1-2H3. The third-order valence-corrected chi connectivity index (χ3v) is 3.58. The number of ether oxygens (including phenoxy) is 2. The van der Waals surface area contributed by atoms with Gasteiger partial charge < -0.3 is 13.9 Å². The summed E-state index contributed by atoms with van der Waals surface area (Å²) in [7, 11) is 2.92. The van der Waals surface area contributed by atoms with Crippen molar-refractivity contribution in [2.24, 2.45) is 0 Å². The van der Waals surface area contributed by atoms with Crippen LogP contribution >= 0.6 is 0 Å². The van der Waals surface area contributed by atoms with Gasteiger partial charge in [0.1, 0.15) is 5.76 Å². The van der Waals surface area contributed by atoms with Crippen molar-refractivity contribution in [1.82, 2.24) is 0 Å². The molecule has 0 aliphatic rings. The number of nitro benzene ring substituents is 1. The zero-order valence-electron chi connectivity index (χ0n) is 12.9. The van der Waals surface area contributed by atoms with Crippen LogP contribution in [0.4, 0.5) is 5.69 Å². The molecule has 0 radical (unpaired) electrons. The Kier molecular flexibility index (Phi) is 3.91. The van der Waals surface area contributed by atoms with E-state index in [1.54, 1.807) is 18.2 Å².